The summed E-state index contributed by atoms with van der Waals surface area (Å²) in [5, 5.41) is 10.7. The minimum atomic E-state index is -0.823. The molecule has 112 valence electrons. The maximum absolute atomic E-state index is 10.7. The van der Waals surface area contributed by atoms with E-state index in [2.05, 4.69) is 47.8 Å². The first-order valence-corrected chi connectivity index (χ1v) is 8.39. The zero-order valence-corrected chi connectivity index (χ0v) is 16.1. The minimum Gasteiger partial charge on any atom is -0.496 e. The molecule has 1 atom stereocenters. The molecule has 0 radical (unpaired) electrons. The lowest BCUT2D eigenvalue weighted by Gasteiger charge is -2.18. The number of ether oxygens (including phenoxy) is 2. The summed E-state index contributed by atoms with van der Waals surface area (Å²) < 4.78 is 13.2. The average Bonchev–Trinajstić information content (AvgIpc) is 2.45. The lowest BCUT2D eigenvalue weighted by molar-refractivity contribution is 0.214. The Morgan fingerprint density at radius 2 is 1.43 bits per heavy atom. The first-order valence-electron chi connectivity index (χ1n) is 6.01. The van der Waals surface area contributed by atoms with Gasteiger partial charge in [0, 0.05) is 14.5 Å². The molecule has 0 heterocycles. The predicted octanol–water partition coefficient (Wildman–Crippen LogP) is 5.07. The molecule has 0 saturated carbocycles. The van der Waals surface area contributed by atoms with Crippen LogP contribution in [0.2, 0.25) is 0 Å². The van der Waals surface area contributed by atoms with Crippen LogP contribution in [0.5, 0.6) is 11.5 Å². The number of aliphatic hydroxyl groups is 1. The number of aliphatic hydroxyl groups excluding tert-OH is 1. The third kappa shape index (κ3) is 3.80. The lowest BCUT2D eigenvalue weighted by atomic mass is 10.0. The number of hydrogen-bond donors (Lipinski definition) is 1. The molecule has 1 unspecified atom stereocenters. The molecule has 0 amide bonds. The zero-order chi connectivity index (χ0) is 15.6. The molecule has 0 aromatic heterocycles. The Bertz CT molecular complexity index is 639. The number of rotatable bonds is 4. The smallest absolute Gasteiger partial charge is 0.133 e. The molecule has 1 N–H and O–H groups in total. The van der Waals surface area contributed by atoms with E-state index in [1.54, 1.807) is 26.4 Å². The molecular formula is C15H13Br3O3. The fourth-order valence-electron chi connectivity index (χ4n) is 2.01. The van der Waals surface area contributed by atoms with Gasteiger partial charge in [0.15, 0.2) is 0 Å². The molecule has 21 heavy (non-hydrogen) atoms. The molecule has 0 fully saturated rings. The number of hydrogen-bond acceptors (Lipinski definition) is 3. The largest absolute Gasteiger partial charge is 0.496 e. The van der Waals surface area contributed by atoms with Gasteiger partial charge in [0.1, 0.15) is 17.6 Å². The van der Waals surface area contributed by atoms with Crippen LogP contribution >= 0.6 is 47.8 Å². The average molecular weight is 481 g/mol. The summed E-state index contributed by atoms with van der Waals surface area (Å²) in [4.78, 5) is 0. The maximum atomic E-state index is 10.7. The highest BCUT2D eigenvalue weighted by molar-refractivity contribution is 9.11. The molecule has 2 aromatic carbocycles. The van der Waals surface area contributed by atoms with Gasteiger partial charge in [-0.15, -0.1) is 0 Å². The van der Waals surface area contributed by atoms with Crippen LogP contribution in [0.25, 0.3) is 0 Å². The van der Waals surface area contributed by atoms with E-state index in [0.717, 1.165) is 19.0 Å². The number of methoxy groups -OCH3 is 2. The van der Waals surface area contributed by atoms with Gasteiger partial charge in [0.25, 0.3) is 0 Å². The van der Waals surface area contributed by atoms with Gasteiger partial charge >= 0.3 is 0 Å². The van der Waals surface area contributed by atoms with Crippen LogP contribution in [-0.4, -0.2) is 19.3 Å². The van der Waals surface area contributed by atoms with Crippen LogP contribution in [0, 0.1) is 0 Å². The number of benzene rings is 2. The maximum Gasteiger partial charge on any atom is 0.133 e. The van der Waals surface area contributed by atoms with Crippen molar-refractivity contribution in [1.29, 1.82) is 0 Å². The molecule has 2 aromatic rings. The highest BCUT2D eigenvalue weighted by atomic mass is 79.9. The summed E-state index contributed by atoms with van der Waals surface area (Å²) in [7, 11) is 3.15. The lowest BCUT2D eigenvalue weighted by Crippen LogP contribution is -2.03. The van der Waals surface area contributed by atoms with Crippen molar-refractivity contribution in [2.24, 2.45) is 0 Å². The Balaban J connectivity index is 2.53. The Kier molecular flexibility index (Phi) is 5.71. The quantitative estimate of drug-likeness (QED) is 0.663. The third-order valence-corrected chi connectivity index (χ3v) is 4.53. The van der Waals surface area contributed by atoms with Crippen LogP contribution in [0.1, 0.15) is 17.2 Å². The highest BCUT2D eigenvalue weighted by Crippen LogP contribution is 2.38. The zero-order valence-electron chi connectivity index (χ0n) is 11.4. The van der Waals surface area contributed by atoms with Gasteiger partial charge < -0.3 is 14.6 Å². The van der Waals surface area contributed by atoms with Crippen molar-refractivity contribution in [3.63, 3.8) is 0 Å². The van der Waals surface area contributed by atoms with Gasteiger partial charge in [0.05, 0.1) is 18.7 Å². The molecule has 0 saturated heterocycles. The van der Waals surface area contributed by atoms with Crippen LogP contribution in [0.3, 0.4) is 0 Å². The van der Waals surface area contributed by atoms with Gasteiger partial charge in [-0.25, -0.2) is 0 Å². The molecule has 3 nitrogen and oxygen atoms in total. The Hall–Kier alpha value is -0.560. The second kappa shape index (κ2) is 7.13. The molecule has 6 heteroatoms. The van der Waals surface area contributed by atoms with E-state index in [4.69, 9.17) is 9.47 Å². The molecule has 0 aliphatic heterocycles. The van der Waals surface area contributed by atoms with Crippen LogP contribution in [0.15, 0.2) is 43.7 Å². The van der Waals surface area contributed by atoms with E-state index in [1.165, 1.54) is 0 Å². The standard InChI is InChI=1S/C15H13Br3O3/c1-20-13-7-12(18)14(21-2)6-11(13)15(19)8-3-9(16)5-10(17)4-8/h3-7,15,19H,1-2H3. The molecule has 0 aliphatic carbocycles. The normalized spacial score (nSPS) is 12.1. The Morgan fingerprint density at radius 1 is 0.857 bits per heavy atom. The second-order valence-electron chi connectivity index (χ2n) is 4.33. The van der Waals surface area contributed by atoms with Crippen molar-refractivity contribution in [2.45, 2.75) is 6.10 Å². The second-order valence-corrected chi connectivity index (χ2v) is 7.02. The van der Waals surface area contributed by atoms with Gasteiger partial charge in [-0.2, -0.15) is 0 Å². The van der Waals surface area contributed by atoms with Crippen molar-refractivity contribution in [3.8, 4) is 11.5 Å². The molecule has 0 spiro atoms. The van der Waals surface area contributed by atoms with Crippen LogP contribution in [0.4, 0.5) is 0 Å². The van der Waals surface area contributed by atoms with E-state index in [-0.39, 0.29) is 0 Å². The highest BCUT2D eigenvalue weighted by Gasteiger charge is 2.19. The van der Waals surface area contributed by atoms with E-state index in [9.17, 15) is 5.11 Å². The minimum absolute atomic E-state index is 0.589. The van der Waals surface area contributed by atoms with Crippen molar-refractivity contribution < 1.29 is 14.6 Å². The first kappa shape index (κ1) is 16.8. The van der Waals surface area contributed by atoms with Crippen LogP contribution in [-0.2, 0) is 0 Å². The Morgan fingerprint density at radius 3 is 1.95 bits per heavy atom. The molecule has 0 bridgehead atoms. The first-order chi connectivity index (χ1) is 9.96. The van der Waals surface area contributed by atoms with Gasteiger partial charge in [0.2, 0.25) is 0 Å². The summed E-state index contributed by atoms with van der Waals surface area (Å²) in [5.41, 5.74) is 1.39. The summed E-state index contributed by atoms with van der Waals surface area (Å²) in [6.45, 7) is 0. The van der Waals surface area contributed by atoms with Crippen LogP contribution < -0.4 is 9.47 Å². The van der Waals surface area contributed by atoms with E-state index >= 15 is 0 Å². The summed E-state index contributed by atoms with van der Waals surface area (Å²) in [6, 6.07) is 9.19. The van der Waals surface area contributed by atoms with Crippen molar-refractivity contribution in [3.05, 3.63) is 54.9 Å². The van der Waals surface area contributed by atoms with Gasteiger partial charge in [-0.1, -0.05) is 31.9 Å². The molecule has 0 aliphatic rings. The summed E-state index contributed by atoms with van der Waals surface area (Å²) >= 11 is 10.3. The van der Waals surface area contributed by atoms with Gasteiger partial charge in [-0.05, 0) is 51.8 Å². The summed E-state index contributed by atoms with van der Waals surface area (Å²) in [5.74, 6) is 1.23. The van der Waals surface area contributed by atoms with Crippen molar-refractivity contribution >= 4 is 47.8 Å². The Labute approximate surface area is 148 Å². The van der Waals surface area contributed by atoms with Gasteiger partial charge in [-0.3, -0.25) is 0 Å². The third-order valence-electron chi connectivity index (χ3n) is 3.00. The fourth-order valence-corrected chi connectivity index (χ4v) is 3.82. The molecular weight excluding hydrogens is 468 g/mol. The van der Waals surface area contributed by atoms with E-state index in [0.29, 0.717) is 17.1 Å². The number of halogens is 3. The topological polar surface area (TPSA) is 38.7 Å². The van der Waals surface area contributed by atoms with E-state index in [1.807, 2.05) is 18.2 Å². The van der Waals surface area contributed by atoms with E-state index < -0.39 is 6.10 Å². The predicted molar refractivity (Wildman–Crippen MR) is 93.1 cm³/mol. The molecule has 2 rings (SSSR count). The van der Waals surface area contributed by atoms with Crippen molar-refractivity contribution in [1.82, 2.24) is 0 Å². The monoisotopic (exact) mass is 478 g/mol. The summed E-state index contributed by atoms with van der Waals surface area (Å²) in [6.07, 6.45) is -0.823. The SMILES string of the molecule is COc1cc(C(O)c2cc(Br)cc(Br)c2)c(OC)cc1Br. The fraction of sp³-hybridized carbons (Fsp3) is 0.200. The van der Waals surface area contributed by atoms with Crippen molar-refractivity contribution in [2.75, 3.05) is 14.2 Å².